The first-order valence-electron chi connectivity index (χ1n) is 15.6. The molecule has 2 aliphatic carbocycles. The van der Waals surface area contributed by atoms with Gasteiger partial charge >= 0.3 is 0 Å². The van der Waals surface area contributed by atoms with Gasteiger partial charge in [0.15, 0.2) is 0 Å². The lowest BCUT2D eigenvalue weighted by atomic mass is 9.80. The van der Waals surface area contributed by atoms with Crippen molar-refractivity contribution in [3.05, 3.63) is 100 Å². The minimum atomic E-state index is -0.402. The molecule has 2 heterocycles. The maximum absolute atomic E-state index is 13.9. The smallest absolute Gasteiger partial charge is 0.228 e. The minimum absolute atomic E-state index is 0.0256. The van der Waals surface area contributed by atoms with Crippen molar-refractivity contribution in [1.82, 2.24) is 14.9 Å². The third kappa shape index (κ3) is 5.97. The van der Waals surface area contributed by atoms with Crippen molar-refractivity contribution >= 4 is 16.9 Å². The first kappa shape index (κ1) is 27.7. The Morgan fingerprint density at radius 1 is 0.902 bits per heavy atom. The van der Waals surface area contributed by atoms with Crippen LogP contribution in [0.4, 0.5) is 0 Å². The molecule has 6 rings (SSSR count). The van der Waals surface area contributed by atoms with Crippen LogP contribution in [0.1, 0.15) is 97.0 Å². The van der Waals surface area contributed by atoms with Crippen molar-refractivity contribution in [2.75, 3.05) is 6.61 Å². The fourth-order valence-corrected chi connectivity index (χ4v) is 7.24. The molecule has 2 atom stereocenters. The van der Waals surface area contributed by atoms with E-state index in [1.165, 1.54) is 60.7 Å². The molecular weight excluding hydrogens is 506 g/mol. The van der Waals surface area contributed by atoms with Crippen LogP contribution in [-0.4, -0.2) is 27.2 Å². The number of aromatic nitrogens is 2. The number of nitrogens with zero attached hydrogens (tertiary/aromatic N) is 2. The van der Waals surface area contributed by atoms with Crippen LogP contribution < -0.4 is 5.32 Å². The Hall–Kier alpha value is -3.44. The number of hydrogen-bond acceptors (Lipinski definition) is 3. The molecule has 0 radical (unpaired) electrons. The van der Waals surface area contributed by atoms with Gasteiger partial charge in [-0.05, 0) is 85.8 Å². The molecule has 1 saturated carbocycles. The zero-order chi connectivity index (χ0) is 28.2. The van der Waals surface area contributed by atoms with E-state index in [9.17, 15) is 9.90 Å². The molecule has 0 saturated heterocycles. The molecule has 0 unspecified atom stereocenters. The maximum Gasteiger partial charge on any atom is 0.228 e. The van der Waals surface area contributed by atoms with Crippen LogP contribution in [0.25, 0.3) is 11.0 Å². The molecule has 0 spiro atoms. The number of aliphatic hydroxyl groups is 1. The summed E-state index contributed by atoms with van der Waals surface area (Å²) < 4.78 is 2.44. The molecule has 0 bridgehead atoms. The summed E-state index contributed by atoms with van der Waals surface area (Å²) in [5, 5.41) is 14.7. The summed E-state index contributed by atoms with van der Waals surface area (Å²) in [6, 6.07) is 22.6. The standard InChI is InChI=1S/C36H43N3O2/c1-25-17-22-31-30-15-9-10-16-33(30)39(35(31)37-25)23-26-18-20-29(21-19-26)34(28-13-5-2-3-6-14-28)36(41)38-32(24-40)27-11-7-4-8-12-27/h4,7-8,11-12,17-22,28,32,34,40H,2-3,5-6,9-10,13-16,23-24H2,1H3,(H,38,41)/t32-,34-/m0/s1. The molecule has 2 aliphatic rings. The number of benzene rings is 2. The number of hydrogen-bond donors (Lipinski definition) is 2. The van der Waals surface area contributed by atoms with Crippen LogP contribution in [0.3, 0.4) is 0 Å². The first-order valence-corrected chi connectivity index (χ1v) is 15.6. The first-order chi connectivity index (χ1) is 20.1. The van der Waals surface area contributed by atoms with Crippen LogP contribution >= 0.6 is 0 Å². The second kappa shape index (κ2) is 12.6. The molecule has 214 valence electrons. The summed E-state index contributed by atoms with van der Waals surface area (Å²) in [7, 11) is 0. The van der Waals surface area contributed by atoms with Crippen molar-refractivity contribution < 1.29 is 9.90 Å². The number of carbonyl (C=O) groups is 1. The van der Waals surface area contributed by atoms with Gasteiger partial charge in [-0.2, -0.15) is 0 Å². The van der Waals surface area contributed by atoms with Crippen LogP contribution in [0.2, 0.25) is 0 Å². The summed E-state index contributed by atoms with van der Waals surface area (Å²) in [4.78, 5) is 18.9. The van der Waals surface area contributed by atoms with Gasteiger partial charge in [-0.15, -0.1) is 0 Å². The van der Waals surface area contributed by atoms with E-state index in [2.05, 4.69) is 53.2 Å². The number of amides is 1. The van der Waals surface area contributed by atoms with Gasteiger partial charge in [0, 0.05) is 23.3 Å². The summed E-state index contributed by atoms with van der Waals surface area (Å²) in [6.07, 6.45) is 11.7. The average Bonchev–Trinajstić information content (AvgIpc) is 3.13. The largest absolute Gasteiger partial charge is 0.394 e. The lowest BCUT2D eigenvalue weighted by Gasteiger charge is -2.28. The van der Waals surface area contributed by atoms with Crippen molar-refractivity contribution in [1.29, 1.82) is 0 Å². The van der Waals surface area contributed by atoms with Gasteiger partial charge in [0.05, 0.1) is 18.6 Å². The quantitative estimate of drug-likeness (QED) is 0.229. The van der Waals surface area contributed by atoms with E-state index < -0.39 is 6.04 Å². The predicted octanol–water partition coefficient (Wildman–Crippen LogP) is 7.18. The van der Waals surface area contributed by atoms with Crippen molar-refractivity contribution in [2.45, 2.75) is 89.6 Å². The van der Waals surface area contributed by atoms with Crippen LogP contribution in [0.15, 0.2) is 66.7 Å². The molecule has 5 heteroatoms. The predicted molar refractivity (Wildman–Crippen MR) is 165 cm³/mol. The number of rotatable bonds is 8. The fraction of sp³-hybridized carbons (Fsp3) is 0.444. The minimum Gasteiger partial charge on any atom is -0.394 e. The van der Waals surface area contributed by atoms with Crippen LogP contribution in [0, 0.1) is 12.8 Å². The second-order valence-corrected chi connectivity index (χ2v) is 12.2. The van der Waals surface area contributed by atoms with E-state index in [0.29, 0.717) is 5.92 Å². The Kier molecular flexibility index (Phi) is 8.52. The SMILES string of the molecule is Cc1ccc2c3c(n(Cc4ccc([C@@H](C(=O)N[C@@H](CO)c5ccccc5)C5CCCCCC5)cc4)c2n1)CCCC3. The zero-order valence-electron chi connectivity index (χ0n) is 24.3. The summed E-state index contributed by atoms with van der Waals surface area (Å²) in [5.74, 6) is 0.119. The summed E-state index contributed by atoms with van der Waals surface area (Å²) in [5.41, 5.74) is 8.34. The lowest BCUT2D eigenvalue weighted by Crippen LogP contribution is -2.37. The Bertz CT molecular complexity index is 1470. The maximum atomic E-state index is 13.9. The fourth-order valence-electron chi connectivity index (χ4n) is 7.24. The Balaban J connectivity index is 1.28. The number of fused-ring (bicyclic) bond motifs is 3. The summed E-state index contributed by atoms with van der Waals surface area (Å²) >= 11 is 0. The highest BCUT2D eigenvalue weighted by molar-refractivity contribution is 5.85. The van der Waals surface area contributed by atoms with E-state index in [0.717, 1.165) is 54.7 Å². The second-order valence-electron chi connectivity index (χ2n) is 12.2. The Morgan fingerprint density at radius 2 is 1.63 bits per heavy atom. The van der Waals surface area contributed by atoms with Crippen molar-refractivity contribution in [2.24, 2.45) is 5.92 Å². The third-order valence-corrected chi connectivity index (χ3v) is 9.39. The highest BCUT2D eigenvalue weighted by Gasteiger charge is 2.32. The average molecular weight is 550 g/mol. The highest BCUT2D eigenvalue weighted by atomic mass is 16.3. The summed E-state index contributed by atoms with van der Waals surface area (Å²) in [6.45, 7) is 2.75. The monoisotopic (exact) mass is 549 g/mol. The number of carbonyl (C=O) groups excluding carboxylic acids is 1. The van der Waals surface area contributed by atoms with E-state index in [4.69, 9.17) is 4.98 Å². The van der Waals surface area contributed by atoms with Gasteiger partial charge in [-0.3, -0.25) is 4.79 Å². The highest BCUT2D eigenvalue weighted by Crippen LogP contribution is 2.37. The van der Waals surface area contributed by atoms with Gasteiger partial charge < -0.3 is 15.0 Å². The number of nitrogens with one attached hydrogen (secondary N) is 1. The normalized spacial score (nSPS) is 17.5. The van der Waals surface area contributed by atoms with E-state index in [-0.39, 0.29) is 18.4 Å². The van der Waals surface area contributed by atoms with Crippen molar-refractivity contribution in [3.8, 4) is 0 Å². The number of aryl methyl sites for hydroxylation is 2. The molecule has 2 aromatic heterocycles. The molecule has 41 heavy (non-hydrogen) atoms. The lowest BCUT2D eigenvalue weighted by molar-refractivity contribution is -0.125. The zero-order valence-corrected chi connectivity index (χ0v) is 24.3. The molecular formula is C36H43N3O2. The van der Waals surface area contributed by atoms with E-state index in [1.54, 1.807) is 0 Å². The molecule has 5 nitrogen and oxygen atoms in total. The van der Waals surface area contributed by atoms with Gasteiger partial charge in [0.2, 0.25) is 5.91 Å². The van der Waals surface area contributed by atoms with Gasteiger partial charge in [-0.1, -0.05) is 80.3 Å². The Labute approximate surface area is 244 Å². The molecule has 1 amide bonds. The van der Waals surface area contributed by atoms with E-state index in [1.807, 2.05) is 30.3 Å². The third-order valence-electron chi connectivity index (χ3n) is 9.39. The number of aliphatic hydroxyl groups excluding tert-OH is 1. The van der Waals surface area contributed by atoms with Gasteiger partial charge in [0.1, 0.15) is 5.65 Å². The molecule has 4 aromatic rings. The van der Waals surface area contributed by atoms with Gasteiger partial charge in [-0.25, -0.2) is 4.98 Å². The van der Waals surface area contributed by atoms with Gasteiger partial charge in [0.25, 0.3) is 0 Å². The number of pyridine rings is 1. The van der Waals surface area contributed by atoms with Crippen molar-refractivity contribution in [3.63, 3.8) is 0 Å². The molecule has 1 fully saturated rings. The Morgan fingerprint density at radius 3 is 2.37 bits per heavy atom. The van der Waals surface area contributed by atoms with Crippen LogP contribution in [0.5, 0.6) is 0 Å². The molecule has 0 aliphatic heterocycles. The van der Waals surface area contributed by atoms with Crippen LogP contribution in [-0.2, 0) is 24.2 Å². The topological polar surface area (TPSA) is 67.2 Å². The van der Waals surface area contributed by atoms with E-state index >= 15 is 0 Å². The molecule has 2 N–H and O–H groups in total. The molecule has 2 aromatic carbocycles.